The second kappa shape index (κ2) is 99.3. The molecule has 0 aliphatic rings. The van der Waals surface area contributed by atoms with Crippen LogP contribution in [0.25, 0.3) is 0 Å². The largest absolute Gasteiger partial charge is 0 e. The minimum absolute atomic E-state index is 0. The molecule has 0 aliphatic heterocycles. The Morgan fingerprint density at radius 2 is 0.444 bits per heavy atom. The Morgan fingerprint density at radius 1 is 0.444 bits per heavy atom. The summed E-state index contributed by atoms with van der Waals surface area (Å²) in [5.41, 5.74) is 0. The maximum atomic E-state index is 0. The van der Waals surface area contributed by atoms with Crippen molar-refractivity contribution < 1.29 is 72.1 Å². The van der Waals surface area contributed by atoms with Gasteiger partial charge in [0, 0.05) is 44.8 Å². The summed E-state index contributed by atoms with van der Waals surface area (Å²) < 4.78 is 0. The second-order valence-electron chi connectivity index (χ2n) is 0. The second-order valence-corrected chi connectivity index (χ2v) is 0. The quantitative estimate of drug-likeness (QED) is 0.216. The minimum Gasteiger partial charge on any atom is 0 e. The van der Waals surface area contributed by atoms with Crippen LogP contribution >= 0.6 is 0 Å². The molecule has 0 unspecified atom stereocenters. The molecule has 0 atom stereocenters. The first-order valence-corrected chi connectivity index (χ1v) is 0. The molecule has 0 saturated carbocycles. The molecule has 0 bridgehead atoms. The molecule has 5 nitrogen and oxygen atoms in total. The van der Waals surface area contributed by atoms with Crippen molar-refractivity contribution >= 4 is 71.7 Å². The molecule has 62 valence electrons. The molecule has 9 heavy (non-hydrogen) atoms. The third-order valence-corrected chi connectivity index (χ3v) is 0. The topological polar surface area (TPSA) is 158 Å². The Labute approximate surface area is 141 Å². The van der Waals surface area contributed by atoms with Crippen molar-refractivity contribution in [3.63, 3.8) is 0 Å². The molecule has 0 saturated heterocycles. The summed E-state index contributed by atoms with van der Waals surface area (Å²) in [5.74, 6) is 0. The van der Waals surface area contributed by atoms with Gasteiger partial charge in [0.1, 0.15) is 0 Å². The smallest absolute Gasteiger partial charge is 0 e. The Morgan fingerprint density at radius 3 is 0.444 bits per heavy atom. The fraction of sp³-hybridized carbons (Fsp3) is 0. The van der Waals surface area contributed by atoms with E-state index in [0.717, 1.165) is 0 Å². The maximum absolute atomic E-state index is 0. The summed E-state index contributed by atoms with van der Waals surface area (Å²) in [5, 5.41) is 0. The fourth-order valence-corrected chi connectivity index (χ4v) is 0. The standard InChI is InChI=1S/Bi.5H2O.Sr.2Ta.5H/h;5*1H2;;;;;;;;. The van der Waals surface area contributed by atoms with Crippen LogP contribution in [0.4, 0.5) is 0 Å². The van der Waals surface area contributed by atoms with E-state index in [0.29, 0.717) is 0 Å². The molecule has 0 fully saturated rings. The first kappa shape index (κ1) is 129. The van der Waals surface area contributed by atoms with Crippen LogP contribution in [0.5, 0.6) is 0 Å². The Hall–Kier alpha value is 3.64. The van der Waals surface area contributed by atoms with E-state index in [-0.39, 0.29) is 144 Å². The van der Waals surface area contributed by atoms with E-state index in [9.17, 15) is 0 Å². The van der Waals surface area contributed by atoms with Gasteiger partial charge >= 0.3 is 71.7 Å². The molecular formula is H15BiO5SrTa2. The molecule has 0 aliphatic carbocycles. The van der Waals surface area contributed by atoms with Crippen molar-refractivity contribution in [1.82, 2.24) is 0 Å². The van der Waals surface area contributed by atoms with Gasteiger partial charge in [-0.3, -0.25) is 0 Å². The molecular weight excluding hydrogens is 738 g/mol. The van der Waals surface area contributed by atoms with Gasteiger partial charge in [-0.15, -0.1) is 0 Å². The zero-order valence-corrected chi connectivity index (χ0v) is 16.0. The van der Waals surface area contributed by atoms with Crippen LogP contribution in [0.2, 0.25) is 0 Å². The summed E-state index contributed by atoms with van der Waals surface area (Å²) in [6.45, 7) is 0. The molecule has 2 radical (unpaired) electrons. The van der Waals surface area contributed by atoms with Crippen LogP contribution in [0.1, 0.15) is 0 Å². The van der Waals surface area contributed by atoms with Crippen LogP contribution < -0.4 is 0 Å². The first-order valence-electron chi connectivity index (χ1n) is 0. The number of rotatable bonds is 0. The van der Waals surface area contributed by atoms with Gasteiger partial charge in [0.15, 0.2) is 0 Å². The van der Waals surface area contributed by atoms with Crippen molar-refractivity contribution in [2.45, 2.75) is 0 Å². The summed E-state index contributed by atoms with van der Waals surface area (Å²) in [6, 6.07) is 0. The van der Waals surface area contributed by atoms with E-state index in [1.165, 1.54) is 0 Å². The van der Waals surface area contributed by atoms with Gasteiger partial charge in [0.2, 0.25) is 0 Å². The van der Waals surface area contributed by atoms with Crippen molar-refractivity contribution in [2.75, 3.05) is 0 Å². The van der Waals surface area contributed by atoms with E-state index < -0.39 is 0 Å². The predicted octanol–water partition coefficient (Wildman–Crippen LogP) is -6.23. The normalized spacial score (nSPS) is 0. The average Bonchev–Trinajstić information content (AvgIpc) is 0. The Balaban J connectivity index is 0. The van der Waals surface area contributed by atoms with Crippen LogP contribution in [0.3, 0.4) is 0 Å². The van der Waals surface area contributed by atoms with E-state index >= 15 is 0 Å². The van der Waals surface area contributed by atoms with Gasteiger partial charge in [-0.1, -0.05) is 0 Å². The van der Waals surface area contributed by atoms with Crippen LogP contribution in [0.15, 0.2) is 0 Å². The van der Waals surface area contributed by atoms with Crippen LogP contribution in [-0.4, -0.2) is 99.1 Å². The molecule has 10 N–H and O–H groups in total. The summed E-state index contributed by atoms with van der Waals surface area (Å²) in [6.07, 6.45) is 0. The molecule has 0 rings (SSSR count). The molecule has 0 heterocycles. The van der Waals surface area contributed by atoms with E-state index in [1.54, 1.807) is 0 Å². The summed E-state index contributed by atoms with van der Waals surface area (Å²) >= 11 is 0. The first-order chi connectivity index (χ1) is 0. The predicted molar refractivity (Wildman–Crippen MR) is 36.6 cm³/mol. The van der Waals surface area contributed by atoms with Gasteiger partial charge in [-0.25, -0.2) is 0 Å². The molecule has 0 aromatic heterocycles. The number of hydrogen-bond acceptors (Lipinski definition) is 0. The monoisotopic (exact) mass is 754 g/mol. The van der Waals surface area contributed by atoms with Gasteiger partial charge < -0.3 is 27.4 Å². The van der Waals surface area contributed by atoms with Gasteiger partial charge in [0.25, 0.3) is 0 Å². The molecule has 0 aromatic rings. The third kappa shape index (κ3) is 81.6. The van der Waals surface area contributed by atoms with E-state index in [1.807, 2.05) is 0 Å². The van der Waals surface area contributed by atoms with Gasteiger partial charge in [0.05, 0.1) is 0 Å². The molecule has 0 spiro atoms. The van der Waals surface area contributed by atoms with Crippen molar-refractivity contribution in [3.8, 4) is 0 Å². The zero-order valence-electron chi connectivity index (χ0n) is 4.10. The number of hydrogen-bond donors (Lipinski definition) is 0. The minimum atomic E-state index is 0. The summed E-state index contributed by atoms with van der Waals surface area (Å²) in [4.78, 5) is 0. The average molecular weight is 754 g/mol. The third-order valence-electron chi connectivity index (χ3n) is 0. The SMILES string of the molecule is O.O.O.O.O.[BiH3].[SrH2].[Ta].[Ta]. The van der Waals surface area contributed by atoms with E-state index in [4.69, 9.17) is 0 Å². The van der Waals surface area contributed by atoms with Gasteiger partial charge in [-0.2, -0.15) is 0 Å². The zero-order chi connectivity index (χ0) is 0. The summed E-state index contributed by atoms with van der Waals surface area (Å²) in [7, 11) is 0. The van der Waals surface area contributed by atoms with Crippen LogP contribution in [-0.2, 0) is 44.8 Å². The molecule has 0 aromatic carbocycles. The van der Waals surface area contributed by atoms with E-state index in [2.05, 4.69) is 0 Å². The van der Waals surface area contributed by atoms with Gasteiger partial charge in [-0.05, 0) is 0 Å². The Kier molecular flexibility index (Phi) is 1420. The Bertz CT molecular complexity index is 14.9. The van der Waals surface area contributed by atoms with Crippen molar-refractivity contribution in [3.05, 3.63) is 0 Å². The molecule has 9 heteroatoms. The van der Waals surface area contributed by atoms with Crippen molar-refractivity contribution in [2.24, 2.45) is 0 Å². The van der Waals surface area contributed by atoms with Crippen molar-refractivity contribution in [1.29, 1.82) is 0 Å². The molecule has 0 amide bonds. The fourth-order valence-electron chi connectivity index (χ4n) is 0. The van der Waals surface area contributed by atoms with Crippen LogP contribution in [0, 0.1) is 0 Å². The maximum Gasteiger partial charge on any atom is 0 e.